The molecular formula is C14H19BrN2O2. The second kappa shape index (κ2) is 6.39. The molecule has 1 aliphatic rings. The topological polar surface area (TPSA) is 75.4 Å². The Bertz CT molecular complexity index is 445. The summed E-state index contributed by atoms with van der Waals surface area (Å²) in [4.78, 5) is 12.0. The van der Waals surface area contributed by atoms with Gasteiger partial charge in [-0.2, -0.15) is 0 Å². The van der Waals surface area contributed by atoms with Gasteiger partial charge in [0.1, 0.15) is 0 Å². The Hall–Kier alpha value is -1.07. The summed E-state index contributed by atoms with van der Waals surface area (Å²) in [5.41, 5.74) is 6.80. The lowest BCUT2D eigenvalue weighted by molar-refractivity contribution is 0.0663. The fourth-order valence-corrected chi connectivity index (χ4v) is 3.01. The molecule has 2 unspecified atom stereocenters. The zero-order valence-corrected chi connectivity index (χ0v) is 12.3. The number of hydrogen-bond acceptors (Lipinski definition) is 3. The van der Waals surface area contributed by atoms with E-state index in [9.17, 15) is 9.90 Å². The van der Waals surface area contributed by atoms with Crippen molar-refractivity contribution in [3.63, 3.8) is 0 Å². The number of halogens is 1. The molecule has 2 rings (SSSR count). The van der Waals surface area contributed by atoms with E-state index in [1.807, 2.05) is 0 Å². The first-order chi connectivity index (χ1) is 9.06. The van der Waals surface area contributed by atoms with E-state index in [4.69, 9.17) is 5.73 Å². The molecule has 0 spiro atoms. The van der Waals surface area contributed by atoms with Crippen LogP contribution in [0.4, 0.5) is 5.69 Å². The summed E-state index contributed by atoms with van der Waals surface area (Å²) in [5.74, 6) is 0.0213. The highest BCUT2D eigenvalue weighted by atomic mass is 79.9. The molecule has 1 saturated carbocycles. The summed E-state index contributed by atoms with van der Waals surface area (Å²) in [6.07, 6.45) is 3.73. The molecule has 0 bridgehead atoms. The van der Waals surface area contributed by atoms with Crippen LogP contribution < -0.4 is 11.1 Å². The van der Waals surface area contributed by atoms with Gasteiger partial charge < -0.3 is 16.2 Å². The van der Waals surface area contributed by atoms with E-state index in [0.717, 1.165) is 30.2 Å². The lowest BCUT2D eigenvalue weighted by atomic mass is 9.86. The van der Waals surface area contributed by atoms with Crippen molar-refractivity contribution in [1.29, 1.82) is 0 Å². The molecule has 1 aliphatic carbocycles. The highest BCUT2D eigenvalue weighted by Gasteiger charge is 2.23. The summed E-state index contributed by atoms with van der Waals surface area (Å²) in [6, 6.07) is 5.14. The first-order valence-corrected chi connectivity index (χ1v) is 7.38. The van der Waals surface area contributed by atoms with E-state index in [-0.39, 0.29) is 17.9 Å². The van der Waals surface area contributed by atoms with Crippen molar-refractivity contribution >= 4 is 27.5 Å². The molecule has 104 valence electrons. The van der Waals surface area contributed by atoms with Gasteiger partial charge in [-0.05, 0) is 31.0 Å². The van der Waals surface area contributed by atoms with Gasteiger partial charge in [0.15, 0.2) is 0 Å². The minimum Gasteiger partial charge on any atom is -0.399 e. The summed E-state index contributed by atoms with van der Waals surface area (Å²) in [5, 5.41) is 12.7. The first kappa shape index (κ1) is 14.3. The number of aliphatic hydroxyl groups excluding tert-OH is 1. The molecule has 5 heteroatoms. The van der Waals surface area contributed by atoms with Crippen LogP contribution in [0.2, 0.25) is 0 Å². The smallest absolute Gasteiger partial charge is 0.251 e. The average Bonchev–Trinajstić information content (AvgIpc) is 2.36. The minimum atomic E-state index is -0.290. The van der Waals surface area contributed by atoms with Crippen LogP contribution in [0.15, 0.2) is 22.7 Å². The van der Waals surface area contributed by atoms with Crippen molar-refractivity contribution < 1.29 is 9.90 Å². The summed E-state index contributed by atoms with van der Waals surface area (Å²) in [6.45, 7) is 0.520. The number of hydrogen-bond donors (Lipinski definition) is 3. The fraction of sp³-hybridized carbons (Fsp3) is 0.500. The Balaban J connectivity index is 1.93. The summed E-state index contributed by atoms with van der Waals surface area (Å²) in [7, 11) is 0. The standard InChI is InChI=1S/C14H19BrN2O2/c15-11-5-10(6-12(16)7-11)14(19)17-8-9-3-1-2-4-13(9)18/h5-7,9,13,18H,1-4,8,16H2,(H,17,19). The Morgan fingerprint density at radius 3 is 2.79 bits per heavy atom. The molecule has 0 aliphatic heterocycles. The van der Waals surface area contributed by atoms with Crippen molar-refractivity contribution in [2.45, 2.75) is 31.8 Å². The zero-order valence-electron chi connectivity index (χ0n) is 10.7. The quantitative estimate of drug-likeness (QED) is 0.746. The van der Waals surface area contributed by atoms with Crippen molar-refractivity contribution in [3.8, 4) is 0 Å². The number of amides is 1. The molecule has 1 amide bonds. The van der Waals surface area contributed by atoms with Crippen molar-refractivity contribution in [1.82, 2.24) is 5.32 Å². The molecular weight excluding hydrogens is 308 g/mol. The molecule has 4 nitrogen and oxygen atoms in total. The number of benzene rings is 1. The zero-order chi connectivity index (χ0) is 13.8. The molecule has 0 saturated heterocycles. The SMILES string of the molecule is Nc1cc(Br)cc(C(=O)NCC2CCCCC2O)c1. The van der Waals surface area contributed by atoms with Gasteiger partial charge in [0.2, 0.25) is 0 Å². The Morgan fingerprint density at radius 1 is 1.37 bits per heavy atom. The maximum atomic E-state index is 12.0. The molecule has 1 aromatic carbocycles. The molecule has 2 atom stereocenters. The van der Waals surface area contributed by atoms with Crippen LogP contribution in [0.25, 0.3) is 0 Å². The van der Waals surface area contributed by atoms with E-state index in [0.29, 0.717) is 17.8 Å². The highest BCUT2D eigenvalue weighted by molar-refractivity contribution is 9.10. The Kier molecular flexibility index (Phi) is 4.82. The second-order valence-corrected chi connectivity index (χ2v) is 6.01. The lowest BCUT2D eigenvalue weighted by Crippen LogP contribution is -2.36. The van der Waals surface area contributed by atoms with Crippen LogP contribution in [0, 0.1) is 5.92 Å². The molecule has 19 heavy (non-hydrogen) atoms. The first-order valence-electron chi connectivity index (χ1n) is 6.58. The number of aliphatic hydroxyl groups is 1. The molecule has 0 heterocycles. The van der Waals surface area contributed by atoms with E-state index >= 15 is 0 Å². The molecule has 4 N–H and O–H groups in total. The third-order valence-electron chi connectivity index (χ3n) is 3.58. The van der Waals surface area contributed by atoms with Gasteiger partial charge in [-0.1, -0.05) is 28.8 Å². The monoisotopic (exact) mass is 326 g/mol. The second-order valence-electron chi connectivity index (χ2n) is 5.10. The molecule has 1 aromatic rings. The predicted octanol–water partition coefficient (Wildman–Crippen LogP) is 2.31. The van der Waals surface area contributed by atoms with Crippen LogP contribution in [-0.2, 0) is 0 Å². The molecule has 1 fully saturated rings. The predicted molar refractivity (Wildman–Crippen MR) is 78.9 cm³/mol. The highest BCUT2D eigenvalue weighted by Crippen LogP contribution is 2.24. The Labute approximate surface area is 121 Å². The van der Waals surface area contributed by atoms with Gasteiger partial charge in [-0.25, -0.2) is 0 Å². The van der Waals surface area contributed by atoms with Gasteiger partial charge >= 0.3 is 0 Å². The number of nitrogens with one attached hydrogen (secondary N) is 1. The third kappa shape index (κ3) is 3.94. The van der Waals surface area contributed by atoms with Crippen molar-refractivity contribution in [2.75, 3.05) is 12.3 Å². The fourth-order valence-electron chi connectivity index (χ4n) is 2.50. The van der Waals surface area contributed by atoms with Crippen LogP contribution in [0.5, 0.6) is 0 Å². The van der Waals surface area contributed by atoms with Crippen LogP contribution >= 0.6 is 15.9 Å². The number of nitrogen functional groups attached to an aromatic ring is 1. The van der Waals surface area contributed by atoms with E-state index in [1.54, 1.807) is 18.2 Å². The average molecular weight is 327 g/mol. The van der Waals surface area contributed by atoms with E-state index < -0.39 is 0 Å². The van der Waals surface area contributed by atoms with Gasteiger partial charge in [0.25, 0.3) is 5.91 Å². The number of anilines is 1. The molecule has 0 aromatic heterocycles. The van der Waals surface area contributed by atoms with Gasteiger partial charge in [0.05, 0.1) is 6.10 Å². The van der Waals surface area contributed by atoms with E-state index in [1.165, 1.54) is 0 Å². The Morgan fingerprint density at radius 2 is 2.11 bits per heavy atom. The van der Waals surface area contributed by atoms with Crippen LogP contribution in [-0.4, -0.2) is 23.7 Å². The normalized spacial score (nSPS) is 23.1. The number of rotatable bonds is 3. The largest absolute Gasteiger partial charge is 0.399 e. The number of carbonyl (C=O) groups excluding carboxylic acids is 1. The maximum Gasteiger partial charge on any atom is 0.251 e. The number of carbonyl (C=O) groups is 1. The third-order valence-corrected chi connectivity index (χ3v) is 4.03. The van der Waals surface area contributed by atoms with Crippen molar-refractivity contribution in [2.24, 2.45) is 5.92 Å². The van der Waals surface area contributed by atoms with Crippen LogP contribution in [0.3, 0.4) is 0 Å². The van der Waals surface area contributed by atoms with Gasteiger partial charge in [-0.15, -0.1) is 0 Å². The van der Waals surface area contributed by atoms with Crippen LogP contribution in [0.1, 0.15) is 36.0 Å². The van der Waals surface area contributed by atoms with Gasteiger partial charge in [-0.3, -0.25) is 4.79 Å². The van der Waals surface area contributed by atoms with Crippen molar-refractivity contribution in [3.05, 3.63) is 28.2 Å². The van der Waals surface area contributed by atoms with Gasteiger partial charge in [0, 0.05) is 28.2 Å². The summed E-state index contributed by atoms with van der Waals surface area (Å²) < 4.78 is 0.787. The lowest BCUT2D eigenvalue weighted by Gasteiger charge is -2.27. The van der Waals surface area contributed by atoms with E-state index in [2.05, 4.69) is 21.2 Å². The summed E-state index contributed by atoms with van der Waals surface area (Å²) >= 11 is 3.32. The maximum absolute atomic E-state index is 12.0. The number of nitrogens with two attached hydrogens (primary N) is 1. The minimum absolute atomic E-state index is 0.147. The molecule has 0 radical (unpaired) electrons.